The lowest BCUT2D eigenvalue weighted by molar-refractivity contribution is -0.137. The van der Waals surface area contributed by atoms with Crippen LogP contribution in [-0.2, 0) is 6.18 Å². The molecule has 112 valence electrons. The fourth-order valence-corrected chi connectivity index (χ4v) is 1.88. The zero-order chi connectivity index (χ0) is 15.5. The highest BCUT2D eigenvalue weighted by Gasteiger charge is 2.34. The number of benzene rings is 1. The van der Waals surface area contributed by atoms with E-state index < -0.39 is 11.7 Å². The van der Waals surface area contributed by atoms with Gasteiger partial charge in [-0.3, -0.25) is 0 Å². The summed E-state index contributed by atoms with van der Waals surface area (Å²) in [6, 6.07) is 4.01. The summed E-state index contributed by atoms with van der Waals surface area (Å²) in [7, 11) is 5.56. The fraction of sp³-hybridized carbons (Fsp3) is 0.462. The molecule has 0 amide bonds. The molecule has 1 aromatic carbocycles. The van der Waals surface area contributed by atoms with Gasteiger partial charge in [-0.15, -0.1) is 0 Å². The summed E-state index contributed by atoms with van der Waals surface area (Å²) in [6.45, 7) is 1.37. The van der Waals surface area contributed by atoms with Gasteiger partial charge in [-0.25, -0.2) is 0 Å². The molecule has 20 heavy (non-hydrogen) atoms. The van der Waals surface area contributed by atoms with Crippen LogP contribution in [0.2, 0.25) is 0 Å². The molecular weight excluding hydrogens is 287 g/mol. The van der Waals surface area contributed by atoms with Gasteiger partial charge < -0.3 is 15.5 Å². The number of hydrogen-bond acceptors (Lipinski definition) is 3. The van der Waals surface area contributed by atoms with E-state index in [1.54, 1.807) is 18.0 Å². The van der Waals surface area contributed by atoms with Gasteiger partial charge in [0.25, 0.3) is 0 Å². The number of rotatable bonds is 5. The largest absolute Gasteiger partial charge is 0.417 e. The number of likely N-dealkylation sites (N-methyl/N-ethyl adjacent to an activating group) is 2. The standard InChI is InChI=1S/C13H18F3N3S/c1-18(2)6-7-19(3)9-4-5-10(12(17)20)11(8-9)13(14,15)16/h4-5,8H,6-7H2,1-3H3,(H2,17,20). The van der Waals surface area contributed by atoms with Crippen LogP contribution < -0.4 is 10.6 Å². The maximum Gasteiger partial charge on any atom is 0.417 e. The lowest BCUT2D eigenvalue weighted by atomic mass is 10.1. The highest BCUT2D eigenvalue weighted by Crippen LogP contribution is 2.34. The van der Waals surface area contributed by atoms with Crippen molar-refractivity contribution in [3.63, 3.8) is 0 Å². The second kappa shape index (κ2) is 6.41. The molecule has 0 aliphatic carbocycles. The predicted molar refractivity (Wildman–Crippen MR) is 79.2 cm³/mol. The lowest BCUT2D eigenvalue weighted by Gasteiger charge is -2.23. The van der Waals surface area contributed by atoms with Gasteiger partial charge in [0.2, 0.25) is 0 Å². The third-order valence-electron chi connectivity index (χ3n) is 2.90. The smallest absolute Gasteiger partial charge is 0.389 e. The van der Waals surface area contributed by atoms with Gasteiger partial charge in [-0.1, -0.05) is 12.2 Å². The Morgan fingerprint density at radius 1 is 1.20 bits per heavy atom. The summed E-state index contributed by atoms with van der Waals surface area (Å²) in [5, 5.41) is 0. The molecule has 0 aromatic heterocycles. The number of hydrogen-bond donors (Lipinski definition) is 1. The van der Waals surface area contributed by atoms with Crippen LogP contribution in [0.5, 0.6) is 0 Å². The molecule has 0 radical (unpaired) electrons. The highest BCUT2D eigenvalue weighted by molar-refractivity contribution is 7.80. The van der Waals surface area contributed by atoms with Crippen LogP contribution in [-0.4, -0.2) is 44.1 Å². The number of nitrogens with zero attached hydrogens (tertiary/aromatic N) is 2. The molecule has 0 aliphatic heterocycles. The van der Waals surface area contributed by atoms with E-state index in [1.807, 2.05) is 19.0 Å². The first-order valence-electron chi connectivity index (χ1n) is 6.00. The molecule has 0 saturated carbocycles. The molecule has 0 aliphatic rings. The third kappa shape index (κ3) is 4.35. The summed E-state index contributed by atoms with van der Waals surface area (Å²) in [4.78, 5) is 3.48. The SMILES string of the molecule is CN(C)CCN(C)c1ccc(C(N)=S)c(C(F)(F)F)c1. The molecule has 0 fully saturated rings. The summed E-state index contributed by atoms with van der Waals surface area (Å²) >= 11 is 4.67. The normalized spacial score (nSPS) is 11.8. The maximum absolute atomic E-state index is 13.0. The Morgan fingerprint density at radius 2 is 1.80 bits per heavy atom. The molecule has 1 rings (SSSR count). The molecule has 7 heteroatoms. The van der Waals surface area contributed by atoms with Gasteiger partial charge >= 0.3 is 6.18 Å². The molecule has 3 nitrogen and oxygen atoms in total. The van der Waals surface area contributed by atoms with Gasteiger partial charge in [0, 0.05) is 31.4 Å². The van der Waals surface area contributed by atoms with E-state index in [0.29, 0.717) is 12.2 Å². The van der Waals surface area contributed by atoms with E-state index in [1.165, 1.54) is 6.07 Å². The van der Waals surface area contributed by atoms with Crippen LogP contribution in [0, 0.1) is 0 Å². The van der Waals surface area contributed by atoms with Gasteiger partial charge in [0.05, 0.1) is 5.56 Å². The van der Waals surface area contributed by atoms with Crippen molar-refractivity contribution in [1.29, 1.82) is 0 Å². The van der Waals surface area contributed by atoms with Crippen LogP contribution in [0.25, 0.3) is 0 Å². The Kier molecular flexibility index (Phi) is 5.35. The number of nitrogens with two attached hydrogens (primary N) is 1. The molecule has 1 aromatic rings. The Hall–Kier alpha value is -1.34. The van der Waals surface area contributed by atoms with Crippen molar-refractivity contribution in [2.24, 2.45) is 5.73 Å². The van der Waals surface area contributed by atoms with Crippen LogP contribution in [0.15, 0.2) is 18.2 Å². The highest BCUT2D eigenvalue weighted by atomic mass is 32.1. The van der Waals surface area contributed by atoms with Gasteiger partial charge in [0.1, 0.15) is 4.99 Å². The number of thiocarbonyl (C=S) groups is 1. The van der Waals surface area contributed by atoms with Crippen molar-refractivity contribution in [2.75, 3.05) is 39.1 Å². The third-order valence-corrected chi connectivity index (χ3v) is 3.12. The van der Waals surface area contributed by atoms with Crippen LogP contribution in [0.1, 0.15) is 11.1 Å². The molecule has 0 spiro atoms. The molecule has 2 N–H and O–H groups in total. The first kappa shape index (κ1) is 16.7. The van der Waals surface area contributed by atoms with E-state index in [4.69, 9.17) is 5.73 Å². The first-order chi connectivity index (χ1) is 9.12. The minimum atomic E-state index is -4.48. The van der Waals surface area contributed by atoms with Crippen LogP contribution in [0.3, 0.4) is 0 Å². The second-order valence-electron chi connectivity index (χ2n) is 4.82. The molecule has 0 atom stereocenters. The molecule has 0 unspecified atom stereocenters. The van der Waals surface area contributed by atoms with Crippen molar-refractivity contribution in [3.8, 4) is 0 Å². The summed E-state index contributed by atoms with van der Waals surface area (Å²) < 4.78 is 39.1. The maximum atomic E-state index is 13.0. The van der Waals surface area contributed by atoms with E-state index in [2.05, 4.69) is 12.2 Å². The monoisotopic (exact) mass is 305 g/mol. The van der Waals surface area contributed by atoms with Crippen molar-refractivity contribution in [2.45, 2.75) is 6.18 Å². The Balaban J connectivity index is 3.10. The molecule has 0 saturated heterocycles. The number of alkyl halides is 3. The minimum absolute atomic E-state index is 0.141. The first-order valence-corrected chi connectivity index (χ1v) is 6.40. The van der Waals surface area contributed by atoms with E-state index in [-0.39, 0.29) is 10.6 Å². The van der Waals surface area contributed by atoms with Gasteiger partial charge in [-0.2, -0.15) is 13.2 Å². The minimum Gasteiger partial charge on any atom is -0.389 e. The van der Waals surface area contributed by atoms with E-state index in [9.17, 15) is 13.2 Å². The Morgan fingerprint density at radius 3 is 2.25 bits per heavy atom. The average Bonchev–Trinajstić information content (AvgIpc) is 2.33. The second-order valence-corrected chi connectivity index (χ2v) is 5.26. The number of anilines is 1. The van der Waals surface area contributed by atoms with E-state index in [0.717, 1.165) is 12.6 Å². The lowest BCUT2D eigenvalue weighted by Crippen LogP contribution is -2.29. The topological polar surface area (TPSA) is 32.5 Å². The fourth-order valence-electron chi connectivity index (χ4n) is 1.70. The number of halogens is 3. The predicted octanol–water partition coefficient (Wildman–Crippen LogP) is 2.34. The molecular formula is C13H18F3N3S. The van der Waals surface area contributed by atoms with Crippen molar-refractivity contribution < 1.29 is 13.2 Å². The van der Waals surface area contributed by atoms with Crippen molar-refractivity contribution in [3.05, 3.63) is 29.3 Å². The van der Waals surface area contributed by atoms with E-state index >= 15 is 0 Å². The zero-order valence-electron chi connectivity index (χ0n) is 11.7. The van der Waals surface area contributed by atoms with Crippen molar-refractivity contribution >= 4 is 22.9 Å². The van der Waals surface area contributed by atoms with Gasteiger partial charge in [0.15, 0.2) is 0 Å². The summed E-state index contributed by atoms with van der Waals surface area (Å²) in [5.41, 5.74) is 4.90. The van der Waals surface area contributed by atoms with Crippen LogP contribution >= 0.6 is 12.2 Å². The van der Waals surface area contributed by atoms with Gasteiger partial charge in [-0.05, 0) is 32.3 Å². The Labute approximate surface area is 122 Å². The molecule has 0 bridgehead atoms. The summed E-state index contributed by atoms with van der Waals surface area (Å²) in [5.74, 6) is 0. The molecule has 0 heterocycles. The van der Waals surface area contributed by atoms with Crippen molar-refractivity contribution in [1.82, 2.24) is 4.90 Å². The Bertz CT molecular complexity index is 486. The zero-order valence-corrected chi connectivity index (χ0v) is 12.5. The summed E-state index contributed by atoms with van der Waals surface area (Å²) in [6.07, 6.45) is -4.48. The van der Waals surface area contributed by atoms with Crippen LogP contribution in [0.4, 0.5) is 18.9 Å². The average molecular weight is 305 g/mol. The quantitative estimate of drug-likeness (QED) is 0.846.